The van der Waals surface area contributed by atoms with Gasteiger partial charge in [-0.2, -0.15) is 5.10 Å². The molecule has 1 aromatic carbocycles. The summed E-state index contributed by atoms with van der Waals surface area (Å²) < 4.78 is 34.1. The number of carbonyl (C=O) groups is 1. The number of amidine groups is 1. The van der Waals surface area contributed by atoms with Crippen LogP contribution in [0.3, 0.4) is 0 Å². The van der Waals surface area contributed by atoms with E-state index in [4.69, 9.17) is 15.3 Å². The number of H-pyrrole nitrogens is 1. The standard InChI is InChI=1S/C24H26F2N6O4/c1-24(2,3)36-23(35)31-8-6-13(7-9-31)18-11-19(33)29-21-16(12-28-32(18)21)22(34)30-20(27)15-5-4-14(25)10-17(15)26/h4-5,10-13H,6-9H2,1-3H3,(H,29,33)(H2,27,30,34)/p+1. The van der Waals surface area contributed by atoms with E-state index < -0.39 is 34.5 Å². The van der Waals surface area contributed by atoms with Gasteiger partial charge in [-0.05, 0) is 45.7 Å². The molecule has 2 aromatic heterocycles. The fourth-order valence-corrected chi connectivity index (χ4v) is 4.07. The molecule has 3 aromatic rings. The van der Waals surface area contributed by atoms with E-state index in [2.05, 4.69) is 15.1 Å². The SMILES string of the molecule is CC(C)(C)OC(=O)N1CCC(c2cc(=O)[nH]c3c(C([OH2+])=NC(=N)c4ccc(F)cc4F)cnn23)CC1. The summed E-state index contributed by atoms with van der Waals surface area (Å²) in [5.41, 5.74) is -0.270. The first kappa shape index (κ1) is 25.0. The van der Waals surface area contributed by atoms with Gasteiger partial charge in [-0.3, -0.25) is 10.2 Å². The van der Waals surface area contributed by atoms with Crippen LogP contribution < -0.4 is 5.56 Å². The Balaban J connectivity index is 1.58. The highest BCUT2D eigenvalue weighted by atomic mass is 19.1. The Labute approximate surface area is 204 Å². The molecule has 0 spiro atoms. The van der Waals surface area contributed by atoms with Gasteiger partial charge < -0.3 is 19.7 Å². The number of aromatic nitrogens is 3. The zero-order valence-electron chi connectivity index (χ0n) is 20.1. The molecule has 4 rings (SSSR count). The van der Waals surface area contributed by atoms with Gasteiger partial charge in [0.1, 0.15) is 17.2 Å². The topological polar surface area (TPSA) is 139 Å². The third-order valence-electron chi connectivity index (χ3n) is 5.76. The number of rotatable bonds is 3. The average Bonchev–Trinajstić information content (AvgIpc) is 3.21. The van der Waals surface area contributed by atoms with Gasteiger partial charge >= 0.3 is 12.0 Å². The van der Waals surface area contributed by atoms with Crippen LogP contribution in [0.4, 0.5) is 13.6 Å². The van der Waals surface area contributed by atoms with Crippen LogP contribution in [0.2, 0.25) is 0 Å². The molecule has 1 amide bonds. The molecule has 1 aliphatic heterocycles. The third-order valence-corrected chi connectivity index (χ3v) is 5.76. The molecule has 0 aliphatic carbocycles. The molecule has 0 bridgehead atoms. The maximum Gasteiger partial charge on any atom is 0.410 e. The Morgan fingerprint density at radius 1 is 1.22 bits per heavy atom. The number of nitrogens with one attached hydrogen (secondary N) is 2. The minimum Gasteiger partial charge on any atom is -0.578 e. The van der Waals surface area contributed by atoms with Crippen LogP contribution in [0.1, 0.15) is 56.4 Å². The van der Waals surface area contributed by atoms with Gasteiger partial charge in [-0.25, -0.2) is 18.1 Å². The summed E-state index contributed by atoms with van der Waals surface area (Å²) in [6.45, 7) is 6.32. The van der Waals surface area contributed by atoms with Crippen molar-refractivity contribution in [3.8, 4) is 0 Å². The van der Waals surface area contributed by atoms with Crippen molar-refractivity contribution in [3.63, 3.8) is 0 Å². The second kappa shape index (κ2) is 9.51. The number of fused-ring (bicyclic) bond motifs is 1. The van der Waals surface area contributed by atoms with Crippen molar-refractivity contribution in [1.29, 1.82) is 5.41 Å². The maximum atomic E-state index is 14.0. The number of aliphatic imine (C=N–C) groups is 1. The van der Waals surface area contributed by atoms with Crippen LogP contribution >= 0.6 is 0 Å². The highest BCUT2D eigenvalue weighted by Crippen LogP contribution is 2.28. The van der Waals surface area contributed by atoms with E-state index >= 15 is 0 Å². The van der Waals surface area contributed by atoms with Crippen LogP contribution in [0, 0.1) is 17.0 Å². The summed E-state index contributed by atoms with van der Waals surface area (Å²) in [6.07, 6.45) is 2.13. The Morgan fingerprint density at radius 2 is 1.92 bits per heavy atom. The molecule has 0 unspecified atom stereocenters. The van der Waals surface area contributed by atoms with Crippen LogP contribution in [-0.4, -0.2) is 61.1 Å². The van der Waals surface area contributed by atoms with E-state index in [1.54, 1.807) is 25.7 Å². The quantitative estimate of drug-likeness (QED) is 0.324. The van der Waals surface area contributed by atoms with Crippen molar-refractivity contribution < 1.29 is 23.4 Å². The Kier molecular flexibility index (Phi) is 6.61. The van der Waals surface area contributed by atoms with Gasteiger partial charge in [0, 0.05) is 31.1 Å². The Hall–Kier alpha value is -4.09. The summed E-state index contributed by atoms with van der Waals surface area (Å²) in [5.74, 6) is -2.80. The van der Waals surface area contributed by atoms with E-state index in [1.807, 2.05) is 0 Å². The smallest absolute Gasteiger partial charge is 0.410 e. The van der Waals surface area contributed by atoms with Crippen molar-refractivity contribution in [3.05, 3.63) is 69.3 Å². The number of likely N-dealkylation sites (tertiary alicyclic amines) is 1. The van der Waals surface area contributed by atoms with Gasteiger partial charge in [-0.15, -0.1) is 4.99 Å². The van der Waals surface area contributed by atoms with Gasteiger partial charge in [0.15, 0.2) is 17.0 Å². The number of hydrogen-bond donors (Lipinski definition) is 2. The van der Waals surface area contributed by atoms with E-state index in [-0.39, 0.29) is 28.8 Å². The lowest BCUT2D eigenvalue weighted by molar-refractivity contribution is 0.0203. The second-order valence-electron chi connectivity index (χ2n) is 9.55. The molecule has 4 N–H and O–H groups in total. The lowest BCUT2D eigenvalue weighted by atomic mass is 9.93. The number of ether oxygens (including phenoxy) is 1. The highest BCUT2D eigenvalue weighted by molar-refractivity contribution is 6.09. The van der Waals surface area contributed by atoms with Crippen molar-refractivity contribution in [2.45, 2.75) is 45.1 Å². The monoisotopic (exact) mass is 501 g/mol. The molecule has 1 aliphatic rings. The number of benzene rings is 1. The fourth-order valence-electron chi connectivity index (χ4n) is 4.07. The summed E-state index contributed by atoms with van der Waals surface area (Å²) in [4.78, 5) is 32.9. The van der Waals surface area contributed by atoms with E-state index in [0.717, 1.165) is 12.1 Å². The molecule has 1 fully saturated rings. The zero-order valence-corrected chi connectivity index (χ0v) is 20.1. The molecule has 0 radical (unpaired) electrons. The summed E-state index contributed by atoms with van der Waals surface area (Å²) in [5, 5.41) is 20.7. The molecule has 1 saturated heterocycles. The van der Waals surface area contributed by atoms with Gasteiger partial charge in [0.25, 0.3) is 5.56 Å². The van der Waals surface area contributed by atoms with Gasteiger partial charge in [0.05, 0.1) is 17.5 Å². The summed E-state index contributed by atoms with van der Waals surface area (Å²) >= 11 is 0. The largest absolute Gasteiger partial charge is 0.578 e. The first-order valence-electron chi connectivity index (χ1n) is 11.4. The predicted octanol–water partition coefficient (Wildman–Crippen LogP) is 2.91. The number of aromatic amines is 1. The van der Waals surface area contributed by atoms with Gasteiger partial charge in [-0.1, -0.05) is 0 Å². The minimum absolute atomic E-state index is 0.0704. The molecule has 36 heavy (non-hydrogen) atoms. The first-order chi connectivity index (χ1) is 16.9. The van der Waals surface area contributed by atoms with Crippen molar-refractivity contribution in [1.82, 2.24) is 19.5 Å². The first-order valence-corrected chi connectivity index (χ1v) is 11.4. The van der Waals surface area contributed by atoms with Crippen molar-refractivity contribution >= 4 is 23.5 Å². The Morgan fingerprint density at radius 3 is 2.56 bits per heavy atom. The van der Waals surface area contributed by atoms with E-state index in [0.29, 0.717) is 37.7 Å². The second-order valence-corrected chi connectivity index (χ2v) is 9.55. The maximum absolute atomic E-state index is 14.0. The van der Waals surface area contributed by atoms with Crippen LogP contribution in [0.25, 0.3) is 5.65 Å². The van der Waals surface area contributed by atoms with E-state index in [1.165, 1.54) is 16.8 Å². The molecule has 0 saturated carbocycles. The predicted molar refractivity (Wildman–Crippen MR) is 129 cm³/mol. The third kappa shape index (κ3) is 5.26. The van der Waals surface area contributed by atoms with Crippen LogP contribution in [0.5, 0.6) is 0 Å². The number of piperidine rings is 1. The molecule has 190 valence electrons. The zero-order chi connectivity index (χ0) is 26.2. The lowest BCUT2D eigenvalue weighted by Gasteiger charge is -2.33. The number of halogens is 2. The molecule has 10 nitrogen and oxygen atoms in total. The number of nitrogens with zero attached hydrogens (tertiary/aromatic N) is 4. The van der Waals surface area contributed by atoms with Crippen molar-refractivity contribution in [2.75, 3.05) is 13.1 Å². The van der Waals surface area contributed by atoms with Crippen LogP contribution in [0.15, 0.2) is 40.2 Å². The molecule has 3 heterocycles. The molecular formula is C24H27F2N6O4+. The number of amides is 1. The number of hydrogen-bond acceptors (Lipinski definition) is 5. The Bertz CT molecular complexity index is 1410. The number of carbonyl (C=O) groups excluding carboxylic acids is 1. The molecular weight excluding hydrogens is 474 g/mol. The normalized spacial score (nSPS) is 15.4. The molecule has 0 atom stereocenters. The van der Waals surface area contributed by atoms with Crippen LogP contribution in [-0.2, 0) is 4.74 Å². The van der Waals surface area contributed by atoms with Crippen molar-refractivity contribution in [2.24, 2.45) is 4.99 Å². The summed E-state index contributed by atoms with van der Waals surface area (Å²) in [6, 6.07) is 4.15. The molecule has 12 heteroatoms. The van der Waals surface area contributed by atoms with Gasteiger partial charge in [0.2, 0.25) is 0 Å². The average molecular weight is 502 g/mol. The highest BCUT2D eigenvalue weighted by Gasteiger charge is 2.30. The van der Waals surface area contributed by atoms with E-state index in [9.17, 15) is 18.4 Å². The summed E-state index contributed by atoms with van der Waals surface area (Å²) in [7, 11) is 0. The fraction of sp³-hybridized carbons (Fsp3) is 0.375. The minimum atomic E-state index is -0.968. The lowest BCUT2D eigenvalue weighted by Crippen LogP contribution is -2.41.